The smallest absolute Gasteiger partial charge is 0.310 e. The zero-order chi connectivity index (χ0) is 18.7. The molecule has 8 nitrogen and oxygen atoms in total. The molecule has 0 aliphatic heterocycles. The third-order valence-corrected chi connectivity index (χ3v) is 5.10. The summed E-state index contributed by atoms with van der Waals surface area (Å²) in [6, 6.07) is 7.53. The van der Waals surface area contributed by atoms with Gasteiger partial charge in [0.1, 0.15) is 0 Å². The molecule has 2 heterocycles. The maximum absolute atomic E-state index is 11.4. The number of rotatable bonds is 7. The molecule has 3 aromatic rings. The molecule has 0 radical (unpaired) electrons. The molecular weight excluding hydrogens is 356 g/mol. The highest BCUT2D eigenvalue weighted by Crippen LogP contribution is 2.25. The van der Waals surface area contributed by atoms with Crippen LogP contribution in [0.2, 0.25) is 0 Å². The van der Waals surface area contributed by atoms with Gasteiger partial charge in [0, 0.05) is 24.1 Å². The molecule has 0 saturated heterocycles. The van der Waals surface area contributed by atoms with E-state index in [-0.39, 0.29) is 13.0 Å². The fourth-order valence-electron chi connectivity index (χ4n) is 2.58. The summed E-state index contributed by atoms with van der Waals surface area (Å²) in [6.07, 6.45) is 5.17. The Kier molecular flexibility index (Phi) is 5.10. The van der Waals surface area contributed by atoms with E-state index in [9.17, 15) is 18.7 Å². The monoisotopic (exact) mass is 373 g/mol. The maximum atomic E-state index is 11.4. The SMILES string of the molecule is C[C@](CCn1cc(-c2cnc3ccccc3n2)cn1)(CS(=O)[O-])C(=O)O. The predicted octanol–water partition coefficient (Wildman–Crippen LogP) is 1.85. The second-order valence-corrected chi connectivity index (χ2v) is 7.20. The molecule has 136 valence electrons. The van der Waals surface area contributed by atoms with Gasteiger partial charge in [0.05, 0.1) is 34.5 Å². The number of nitrogens with zero attached hydrogens (tertiary/aromatic N) is 4. The van der Waals surface area contributed by atoms with Crippen molar-refractivity contribution < 1.29 is 18.7 Å². The van der Waals surface area contributed by atoms with Gasteiger partial charge in [-0.3, -0.25) is 18.7 Å². The van der Waals surface area contributed by atoms with E-state index in [2.05, 4.69) is 15.1 Å². The molecule has 0 saturated carbocycles. The zero-order valence-electron chi connectivity index (χ0n) is 14.0. The molecule has 2 atom stereocenters. The van der Waals surface area contributed by atoms with Crippen molar-refractivity contribution in [1.82, 2.24) is 19.7 Å². The summed E-state index contributed by atoms with van der Waals surface area (Å²) in [7, 11) is 0. The lowest BCUT2D eigenvalue weighted by Crippen LogP contribution is -2.34. The molecule has 0 aliphatic carbocycles. The predicted molar refractivity (Wildman–Crippen MR) is 94.9 cm³/mol. The maximum Gasteiger partial charge on any atom is 0.310 e. The molecule has 2 aromatic heterocycles. The summed E-state index contributed by atoms with van der Waals surface area (Å²) >= 11 is -2.43. The van der Waals surface area contributed by atoms with Gasteiger partial charge in [0.25, 0.3) is 0 Å². The number of hydrogen-bond acceptors (Lipinski definition) is 6. The van der Waals surface area contributed by atoms with Crippen LogP contribution in [-0.2, 0) is 22.4 Å². The van der Waals surface area contributed by atoms with Crippen LogP contribution >= 0.6 is 0 Å². The summed E-state index contributed by atoms with van der Waals surface area (Å²) in [6.45, 7) is 1.70. The Morgan fingerprint density at radius 1 is 1.31 bits per heavy atom. The van der Waals surface area contributed by atoms with Crippen molar-refractivity contribution in [3.05, 3.63) is 42.9 Å². The van der Waals surface area contributed by atoms with Crippen molar-refractivity contribution >= 4 is 28.1 Å². The summed E-state index contributed by atoms with van der Waals surface area (Å²) in [4.78, 5) is 20.3. The van der Waals surface area contributed by atoms with E-state index in [1.807, 2.05) is 24.3 Å². The van der Waals surface area contributed by atoms with E-state index in [1.165, 1.54) is 6.92 Å². The van der Waals surface area contributed by atoms with Gasteiger partial charge in [-0.25, -0.2) is 4.98 Å². The van der Waals surface area contributed by atoms with Crippen LogP contribution in [0.4, 0.5) is 0 Å². The number of benzene rings is 1. The normalized spacial score (nSPS) is 14.8. The van der Waals surface area contributed by atoms with Crippen molar-refractivity contribution in [2.24, 2.45) is 5.41 Å². The number of fused-ring (bicyclic) bond motifs is 1. The first-order valence-electron chi connectivity index (χ1n) is 7.91. The van der Waals surface area contributed by atoms with Gasteiger partial charge in [-0.05, 0) is 25.5 Å². The average molecular weight is 373 g/mol. The van der Waals surface area contributed by atoms with E-state index in [0.29, 0.717) is 5.69 Å². The molecule has 1 unspecified atom stereocenters. The largest absolute Gasteiger partial charge is 0.772 e. The fraction of sp³-hybridized carbons (Fsp3) is 0.294. The lowest BCUT2D eigenvalue weighted by atomic mass is 9.89. The van der Waals surface area contributed by atoms with Gasteiger partial charge in [-0.2, -0.15) is 5.10 Å². The van der Waals surface area contributed by atoms with Crippen LogP contribution < -0.4 is 0 Å². The molecule has 1 N–H and O–H groups in total. The Balaban J connectivity index is 1.76. The molecule has 9 heteroatoms. The first-order valence-corrected chi connectivity index (χ1v) is 9.16. The van der Waals surface area contributed by atoms with E-state index >= 15 is 0 Å². The molecule has 1 aromatic carbocycles. The molecule has 0 spiro atoms. The van der Waals surface area contributed by atoms with Gasteiger partial charge in [0.2, 0.25) is 0 Å². The molecule has 3 rings (SSSR count). The van der Waals surface area contributed by atoms with Gasteiger partial charge < -0.3 is 9.66 Å². The number of para-hydroxylation sites is 2. The number of carboxylic acids is 1. The van der Waals surface area contributed by atoms with Crippen molar-refractivity contribution in [3.8, 4) is 11.3 Å². The van der Waals surface area contributed by atoms with Crippen molar-refractivity contribution in [2.75, 3.05) is 5.75 Å². The highest BCUT2D eigenvalue weighted by atomic mass is 32.2. The minimum absolute atomic E-state index is 0.140. The minimum atomic E-state index is -2.43. The summed E-state index contributed by atoms with van der Waals surface area (Å²) < 4.78 is 23.4. The number of hydrogen-bond donors (Lipinski definition) is 1. The topological polar surface area (TPSA) is 121 Å². The first kappa shape index (κ1) is 18.2. The number of aromatic nitrogens is 4. The highest BCUT2D eigenvalue weighted by Gasteiger charge is 2.33. The van der Waals surface area contributed by atoms with Crippen molar-refractivity contribution in [2.45, 2.75) is 19.9 Å². The van der Waals surface area contributed by atoms with Crippen LogP contribution in [0.5, 0.6) is 0 Å². The Morgan fingerprint density at radius 3 is 2.73 bits per heavy atom. The van der Waals surface area contributed by atoms with Crippen LogP contribution in [0.25, 0.3) is 22.3 Å². The molecule has 0 fully saturated rings. The summed E-state index contributed by atoms with van der Waals surface area (Å²) in [5, 5.41) is 13.5. The number of aryl methyl sites for hydroxylation is 1. The van der Waals surface area contributed by atoms with Crippen molar-refractivity contribution in [3.63, 3.8) is 0 Å². The zero-order valence-corrected chi connectivity index (χ0v) is 14.8. The minimum Gasteiger partial charge on any atom is -0.772 e. The van der Waals surface area contributed by atoms with Crippen molar-refractivity contribution in [1.29, 1.82) is 0 Å². The van der Waals surface area contributed by atoms with Gasteiger partial charge in [-0.15, -0.1) is 0 Å². The third kappa shape index (κ3) is 3.94. The number of carbonyl (C=O) groups is 1. The van der Waals surface area contributed by atoms with E-state index in [0.717, 1.165) is 16.6 Å². The van der Waals surface area contributed by atoms with Crippen LogP contribution in [0.1, 0.15) is 13.3 Å². The van der Waals surface area contributed by atoms with E-state index in [1.54, 1.807) is 23.3 Å². The highest BCUT2D eigenvalue weighted by molar-refractivity contribution is 7.79. The Morgan fingerprint density at radius 2 is 2.04 bits per heavy atom. The standard InChI is InChI=1S/C17H18N4O4S/c1-17(16(22)23,11-26(24)25)6-7-21-10-12(8-19-21)15-9-18-13-4-2-3-5-14(13)20-15/h2-5,8-10H,6-7,11H2,1H3,(H,22,23)(H,24,25)/p-1/t17-/m0/s1. The van der Waals surface area contributed by atoms with Gasteiger partial charge in [-0.1, -0.05) is 23.2 Å². The Hall–Kier alpha value is -2.65. The van der Waals surface area contributed by atoms with Crippen LogP contribution in [-0.4, -0.2) is 45.3 Å². The molecule has 0 amide bonds. The van der Waals surface area contributed by atoms with Crippen LogP contribution in [0.15, 0.2) is 42.9 Å². The molecule has 0 aliphatic rings. The molecule has 0 bridgehead atoms. The van der Waals surface area contributed by atoms with Crippen LogP contribution in [0, 0.1) is 5.41 Å². The lowest BCUT2D eigenvalue weighted by Gasteiger charge is -2.25. The summed E-state index contributed by atoms with van der Waals surface area (Å²) in [5.74, 6) is -1.58. The van der Waals surface area contributed by atoms with Gasteiger partial charge >= 0.3 is 5.97 Å². The molecule has 26 heavy (non-hydrogen) atoms. The summed E-state index contributed by atoms with van der Waals surface area (Å²) in [5.41, 5.74) is 1.63. The second-order valence-electron chi connectivity index (χ2n) is 6.30. The first-order chi connectivity index (χ1) is 12.4. The average Bonchev–Trinajstić information content (AvgIpc) is 3.08. The number of aliphatic carboxylic acids is 1. The lowest BCUT2D eigenvalue weighted by molar-refractivity contribution is -0.147. The van der Waals surface area contributed by atoms with E-state index in [4.69, 9.17) is 0 Å². The third-order valence-electron chi connectivity index (χ3n) is 4.22. The molecular formula is C17H17N4O4S-. The van der Waals surface area contributed by atoms with E-state index < -0.39 is 28.2 Å². The fourth-order valence-corrected chi connectivity index (χ4v) is 3.36. The Labute approximate surface area is 152 Å². The van der Waals surface area contributed by atoms with Gasteiger partial charge in [0.15, 0.2) is 0 Å². The quantitative estimate of drug-likeness (QED) is 0.627. The van der Waals surface area contributed by atoms with Crippen LogP contribution in [0.3, 0.4) is 0 Å². The Bertz CT molecular complexity index is 974. The number of carboxylic acid groups (broad SMARTS) is 1. The second kappa shape index (κ2) is 7.30.